The lowest BCUT2D eigenvalue weighted by molar-refractivity contribution is 0.0854. The Morgan fingerprint density at radius 3 is 3.12 bits per heavy atom. The van der Waals surface area contributed by atoms with E-state index in [9.17, 15) is 0 Å². The first-order valence-electron chi connectivity index (χ1n) is 6.01. The summed E-state index contributed by atoms with van der Waals surface area (Å²) in [5, 5.41) is 7.27. The quantitative estimate of drug-likeness (QED) is 0.818. The van der Waals surface area contributed by atoms with Crippen molar-refractivity contribution in [3.63, 3.8) is 0 Å². The molecule has 1 fully saturated rings. The third-order valence-electron chi connectivity index (χ3n) is 2.78. The molecular formula is C11H19N3O2. The number of nitrogens with one attached hydrogen (secondary N) is 1. The number of nitrogens with zero attached hydrogens (tertiary/aromatic N) is 2. The van der Waals surface area contributed by atoms with E-state index in [1.54, 1.807) is 0 Å². The highest BCUT2D eigenvalue weighted by molar-refractivity contribution is 4.83. The van der Waals surface area contributed by atoms with Crippen molar-refractivity contribution in [3.8, 4) is 0 Å². The zero-order valence-electron chi connectivity index (χ0n) is 9.74. The molecule has 1 aliphatic heterocycles. The van der Waals surface area contributed by atoms with Crippen molar-refractivity contribution in [1.82, 2.24) is 15.5 Å². The van der Waals surface area contributed by atoms with Crippen molar-refractivity contribution in [2.45, 2.75) is 45.3 Å². The highest BCUT2D eigenvalue weighted by Crippen LogP contribution is 2.08. The molecule has 16 heavy (non-hydrogen) atoms. The van der Waals surface area contributed by atoms with Crippen molar-refractivity contribution in [3.05, 3.63) is 11.7 Å². The Bertz CT molecular complexity index is 308. The molecule has 0 amide bonds. The molecule has 0 aliphatic carbocycles. The molecule has 1 aromatic rings. The molecule has 2 heterocycles. The molecule has 5 nitrogen and oxygen atoms in total. The van der Waals surface area contributed by atoms with E-state index in [0.717, 1.165) is 19.6 Å². The molecule has 1 N–H and O–H groups in total. The van der Waals surface area contributed by atoms with E-state index in [-0.39, 0.29) is 0 Å². The van der Waals surface area contributed by atoms with Gasteiger partial charge in [-0.3, -0.25) is 0 Å². The highest BCUT2D eigenvalue weighted by atomic mass is 16.5. The molecule has 0 bridgehead atoms. The van der Waals surface area contributed by atoms with Crippen LogP contribution in [0.1, 0.15) is 37.9 Å². The molecule has 1 unspecified atom stereocenters. The van der Waals surface area contributed by atoms with Crippen LogP contribution < -0.4 is 5.32 Å². The summed E-state index contributed by atoms with van der Waals surface area (Å²) in [4.78, 5) is 4.19. The fraction of sp³-hybridized carbons (Fsp3) is 0.818. The fourth-order valence-electron chi connectivity index (χ4n) is 1.85. The van der Waals surface area contributed by atoms with Gasteiger partial charge in [-0.1, -0.05) is 18.5 Å². The minimum Gasteiger partial charge on any atom is -0.372 e. The van der Waals surface area contributed by atoms with Crippen LogP contribution in [0.3, 0.4) is 0 Å². The third-order valence-corrected chi connectivity index (χ3v) is 2.78. The van der Waals surface area contributed by atoms with Crippen LogP contribution in [0.4, 0.5) is 0 Å². The van der Waals surface area contributed by atoms with Gasteiger partial charge in [0, 0.05) is 12.5 Å². The van der Waals surface area contributed by atoms with Gasteiger partial charge < -0.3 is 14.6 Å². The Kier molecular flexibility index (Phi) is 4.30. The summed E-state index contributed by atoms with van der Waals surface area (Å²) < 4.78 is 10.6. The van der Waals surface area contributed by atoms with Gasteiger partial charge >= 0.3 is 0 Å². The topological polar surface area (TPSA) is 60.2 Å². The Balaban J connectivity index is 1.66. The maximum atomic E-state index is 5.57. The summed E-state index contributed by atoms with van der Waals surface area (Å²) in [5.74, 6) is 1.32. The lowest BCUT2D eigenvalue weighted by Crippen LogP contribution is -2.37. The molecule has 5 heteroatoms. The van der Waals surface area contributed by atoms with Crippen LogP contribution in [0.5, 0.6) is 0 Å². The molecule has 1 aromatic heterocycles. The summed E-state index contributed by atoms with van der Waals surface area (Å²) in [5.41, 5.74) is 0. The number of piperidine rings is 1. The number of aromatic nitrogens is 2. The first-order chi connectivity index (χ1) is 7.88. The van der Waals surface area contributed by atoms with Crippen LogP contribution in [0.15, 0.2) is 4.52 Å². The van der Waals surface area contributed by atoms with Crippen molar-refractivity contribution < 1.29 is 9.26 Å². The standard InChI is InChI=1S/C11H19N3O2/c1-2-11-13-10(14-16-11)8-15-7-9-5-3-4-6-12-9/h9,12H,2-8H2,1H3. The predicted molar refractivity (Wildman–Crippen MR) is 59.0 cm³/mol. The third kappa shape index (κ3) is 3.28. The SMILES string of the molecule is CCc1nc(COCC2CCCCN2)no1. The summed E-state index contributed by atoms with van der Waals surface area (Å²) in [6.45, 7) is 4.28. The Labute approximate surface area is 95.6 Å². The number of rotatable bonds is 5. The average molecular weight is 225 g/mol. The van der Waals surface area contributed by atoms with Gasteiger partial charge in [-0.15, -0.1) is 0 Å². The second-order valence-electron chi connectivity index (χ2n) is 4.12. The predicted octanol–water partition coefficient (Wildman–Crippen LogP) is 1.29. The minimum absolute atomic E-state index is 0.446. The zero-order chi connectivity index (χ0) is 11.2. The monoisotopic (exact) mass is 225 g/mol. The van der Waals surface area contributed by atoms with Gasteiger partial charge in [0.15, 0.2) is 5.82 Å². The Morgan fingerprint density at radius 1 is 1.50 bits per heavy atom. The first-order valence-corrected chi connectivity index (χ1v) is 6.01. The van der Waals surface area contributed by atoms with Gasteiger partial charge in [-0.25, -0.2) is 0 Å². The van der Waals surface area contributed by atoms with Crippen LogP contribution in [0.2, 0.25) is 0 Å². The van der Waals surface area contributed by atoms with Crippen LogP contribution >= 0.6 is 0 Å². The van der Waals surface area contributed by atoms with Crippen molar-refractivity contribution >= 4 is 0 Å². The van der Waals surface area contributed by atoms with Crippen LogP contribution in [-0.2, 0) is 17.8 Å². The lowest BCUT2D eigenvalue weighted by atomic mass is 10.1. The number of ether oxygens (including phenoxy) is 1. The van der Waals surface area contributed by atoms with Crippen LogP contribution in [-0.4, -0.2) is 29.3 Å². The van der Waals surface area contributed by atoms with E-state index in [1.807, 2.05) is 6.92 Å². The zero-order valence-corrected chi connectivity index (χ0v) is 9.74. The molecule has 0 aromatic carbocycles. The molecule has 0 radical (unpaired) electrons. The lowest BCUT2D eigenvalue weighted by Gasteiger charge is -2.22. The van der Waals surface area contributed by atoms with Gasteiger partial charge in [-0.2, -0.15) is 4.98 Å². The molecule has 0 spiro atoms. The summed E-state index contributed by atoms with van der Waals surface area (Å²) in [7, 11) is 0. The van der Waals surface area contributed by atoms with Gasteiger partial charge in [0.1, 0.15) is 6.61 Å². The van der Waals surface area contributed by atoms with E-state index in [0.29, 0.717) is 24.4 Å². The molecular weight excluding hydrogens is 206 g/mol. The van der Waals surface area contributed by atoms with Crippen molar-refractivity contribution in [1.29, 1.82) is 0 Å². The minimum atomic E-state index is 0.446. The molecule has 2 rings (SSSR count). The molecule has 1 atom stereocenters. The van der Waals surface area contributed by atoms with E-state index >= 15 is 0 Å². The van der Waals surface area contributed by atoms with E-state index in [1.165, 1.54) is 19.3 Å². The second kappa shape index (κ2) is 5.96. The van der Waals surface area contributed by atoms with Crippen LogP contribution in [0, 0.1) is 0 Å². The molecule has 0 saturated carbocycles. The van der Waals surface area contributed by atoms with E-state index in [2.05, 4.69) is 15.5 Å². The first kappa shape index (κ1) is 11.5. The Morgan fingerprint density at radius 2 is 2.44 bits per heavy atom. The summed E-state index contributed by atoms with van der Waals surface area (Å²) >= 11 is 0. The normalized spacial score (nSPS) is 21.2. The largest absolute Gasteiger partial charge is 0.372 e. The van der Waals surface area contributed by atoms with E-state index < -0.39 is 0 Å². The Hall–Kier alpha value is -0.940. The average Bonchev–Trinajstić information content (AvgIpc) is 2.78. The molecule has 90 valence electrons. The van der Waals surface area contributed by atoms with Crippen molar-refractivity contribution in [2.75, 3.05) is 13.2 Å². The smallest absolute Gasteiger partial charge is 0.226 e. The molecule has 1 saturated heterocycles. The van der Waals surface area contributed by atoms with Gasteiger partial charge in [0.2, 0.25) is 5.89 Å². The maximum Gasteiger partial charge on any atom is 0.226 e. The molecule has 1 aliphatic rings. The van der Waals surface area contributed by atoms with Gasteiger partial charge in [0.05, 0.1) is 6.61 Å². The highest BCUT2D eigenvalue weighted by Gasteiger charge is 2.13. The summed E-state index contributed by atoms with van der Waals surface area (Å²) in [6, 6.07) is 0.492. The number of hydrogen-bond donors (Lipinski definition) is 1. The van der Waals surface area contributed by atoms with Crippen LogP contribution in [0.25, 0.3) is 0 Å². The van der Waals surface area contributed by atoms with Gasteiger partial charge in [0.25, 0.3) is 0 Å². The second-order valence-corrected chi connectivity index (χ2v) is 4.12. The number of hydrogen-bond acceptors (Lipinski definition) is 5. The van der Waals surface area contributed by atoms with E-state index in [4.69, 9.17) is 9.26 Å². The van der Waals surface area contributed by atoms with Crippen molar-refractivity contribution in [2.24, 2.45) is 0 Å². The summed E-state index contributed by atoms with van der Waals surface area (Å²) in [6.07, 6.45) is 4.55. The number of aryl methyl sites for hydroxylation is 1. The fourth-order valence-corrected chi connectivity index (χ4v) is 1.85. The van der Waals surface area contributed by atoms with Gasteiger partial charge in [-0.05, 0) is 19.4 Å². The maximum absolute atomic E-state index is 5.57.